The van der Waals surface area contributed by atoms with Crippen molar-refractivity contribution < 1.29 is 4.79 Å². The van der Waals surface area contributed by atoms with E-state index in [2.05, 4.69) is 16.3 Å². The molecule has 0 radical (unpaired) electrons. The molecule has 1 aliphatic rings. The van der Waals surface area contributed by atoms with Crippen LogP contribution >= 0.6 is 0 Å². The van der Waals surface area contributed by atoms with Crippen molar-refractivity contribution in [1.29, 1.82) is 5.26 Å². The SMILES string of the molecule is Cc1ccc(C)c(C(=O)NC2CCN(CC#N)CC2)c1. The molecule has 20 heavy (non-hydrogen) atoms. The maximum absolute atomic E-state index is 12.3. The molecule has 0 saturated carbocycles. The number of benzene rings is 1. The number of aryl methyl sites for hydroxylation is 2. The zero-order valence-electron chi connectivity index (χ0n) is 12.1. The molecule has 1 aromatic carbocycles. The molecule has 0 bridgehead atoms. The molecule has 0 atom stereocenters. The standard InChI is InChI=1S/C16H21N3O/c1-12-3-4-13(2)15(11-12)16(20)18-14-5-8-19(9-6-14)10-7-17/h3-4,11,14H,5-6,8-10H2,1-2H3,(H,18,20). The Kier molecular flexibility index (Phi) is 4.75. The smallest absolute Gasteiger partial charge is 0.251 e. The highest BCUT2D eigenvalue weighted by atomic mass is 16.1. The van der Waals surface area contributed by atoms with Crippen LogP contribution in [-0.4, -0.2) is 36.5 Å². The van der Waals surface area contributed by atoms with Gasteiger partial charge < -0.3 is 5.32 Å². The molecular formula is C16H21N3O. The first kappa shape index (κ1) is 14.5. The number of carbonyl (C=O) groups excluding carboxylic acids is 1. The van der Waals surface area contributed by atoms with Gasteiger partial charge in [0.1, 0.15) is 0 Å². The van der Waals surface area contributed by atoms with Crippen molar-refractivity contribution in [3.63, 3.8) is 0 Å². The summed E-state index contributed by atoms with van der Waals surface area (Å²) in [6.45, 7) is 6.20. The van der Waals surface area contributed by atoms with Gasteiger partial charge in [-0.25, -0.2) is 0 Å². The number of amides is 1. The maximum Gasteiger partial charge on any atom is 0.251 e. The second kappa shape index (κ2) is 6.53. The molecule has 1 aromatic rings. The minimum Gasteiger partial charge on any atom is -0.349 e. The van der Waals surface area contributed by atoms with E-state index in [0.29, 0.717) is 6.54 Å². The van der Waals surface area contributed by atoms with Crippen molar-refractivity contribution in [3.8, 4) is 6.07 Å². The maximum atomic E-state index is 12.3. The van der Waals surface area contributed by atoms with Crippen molar-refractivity contribution >= 4 is 5.91 Å². The summed E-state index contributed by atoms with van der Waals surface area (Å²) in [7, 11) is 0. The molecule has 0 aliphatic carbocycles. The third-order valence-corrected chi connectivity index (χ3v) is 3.85. The highest BCUT2D eigenvalue weighted by molar-refractivity contribution is 5.96. The molecule has 4 nitrogen and oxygen atoms in total. The highest BCUT2D eigenvalue weighted by Crippen LogP contribution is 2.14. The number of nitriles is 1. The molecule has 1 amide bonds. The van der Waals surface area contributed by atoms with Crippen LogP contribution < -0.4 is 5.32 Å². The fourth-order valence-corrected chi connectivity index (χ4v) is 2.58. The molecular weight excluding hydrogens is 250 g/mol. The van der Waals surface area contributed by atoms with Crippen molar-refractivity contribution in [1.82, 2.24) is 10.2 Å². The van der Waals surface area contributed by atoms with Crippen LogP contribution in [0.25, 0.3) is 0 Å². The number of rotatable bonds is 3. The number of hydrogen-bond donors (Lipinski definition) is 1. The van der Waals surface area contributed by atoms with Crippen molar-refractivity contribution in [2.75, 3.05) is 19.6 Å². The molecule has 1 heterocycles. The van der Waals surface area contributed by atoms with Crippen LogP contribution in [0.15, 0.2) is 18.2 Å². The fourth-order valence-electron chi connectivity index (χ4n) is 2.58. The number of nitrogens with zero attached hydrogens (tertiary/aromatic N) is 2. The van der Waals surface area contributed by atoms with Gasteiger partial charge in [0.05, 0.1) is 12.6 Å². The number of piperidine rings is 1. The Balaban J connectivity index is 1.93. The predicted molar refractivity (Wildman–Crippen MR) is 78.5 cm³/mol. The third-order valence-electron chi connectivity index (χ3n) is 3.85. The first-order valence-corrected chi connectivity index (χ1v) is 7.07. The molecule has 1 N–H and O–H groups in total. The van der Waals surface area contributed by atoms with Gasteiger partial charge in [0.15, 0.2) is 0 Å². The van der Waals surface area contributed by atoms with Gasteiger partial charge in [-0.2, -0.15) is 5.26 Å². The van der Waals surface area contributed by atoms with E-state index in [1.54, 1.807) is 0 Å². The molecule has 1 saturated heterocycles. The number of carbonyl (C=O) groups is 1. The van der Waals surface area contributed by atoms with Crippen LogP contribution in [0.2, 0.25) is 0 Å². The van der Waals surface area contributed by atoms with Gasteiger partial charge in [-0.05, 0) is 38.3 Å². The van der Waals surface area contributed by atoms with E-state index in [1.807, 2.05) is 32.0 Å². The predicted octanol–water partition coefficient (Wildman–Crippen LogP) is 2.02. The summed E-state index contributed by atoms with van der Waals surface area (Å²) in [5, 5.41) is 11.8. The monoisotopic (exact) mass is 271 g/mol. The molecule has 0 spiro atoms. The Morgan fingerprint density at radius 3 is 2.75 bits per heavy atom. The van der Waals surface area contributed by atoms with Gasteiger partial charge in [0.2, 0.25) is 0 Å². The zero-order chi connectivity index (χ0) is 14.5. The van der Waals surface area contributed by atoms with Crippen LogP contribution in [0.4, 0.5) is 0 Å². The van der Waals surface area contributed by atoms with Gasteiger partial charge in [0.25, 0.3) is 5.91 Å². The lowest BCUT2D eigenvalue weighted by Gasteiger charge is -2.30. The Bertz CT molecular complexity index is 525. The molecule has 106 valence electrons. The molecule has 2 rings (SSSR count). The summed E-state index contributed by atoms with van der Waals surface area (Å²) in [5.41, 5.74) is 2.88. The molecule has 0 aromatic heterocycles. The Morgan fingerprint density at radius 2 is 2.10 bits per heavy atom. The van der Waals surface area contributed by atoms with Crippen molar-refractivity contribution in [2.24, 2.45) is 0 Å². The summed E-state index contributed by atoms with van der Waals surface area (Å²) in [5.74, 6) is 0.0185. The van der Waals surface area contributed by atoms with Gasteiger partial charge in [0, 0.05) is 24.7 Å². The summed E-state index contributed by atoms with van der Waals surface area (Å²) in [4.78, 5) is 14.4. The Morgan fingerprint density at radius 1 is 1.40 bits per heavy atom. The molecule has 1 aliphatic heterocycles. The molecule has 0 unspecified atom stereocenters. The lowest BCUT2D eigenvalue weighted by atomic mass is 10.0. The van der Waals surface area contributed by atoms with Crippen LogP contribution in [0.1, 0.15) is 34.3 Å². The zero-order valence-corrected chi connectivity index (χ0v) is 12.1. The molecule has 1 fully saturated rings. The van der Waals surface area contributed by atoms with E-state index < -0.39 is 0 Å². The second-order valence-corrected chi connectivity index (χ2v) is 5.50. The molecule has 4 heteroatoms. The summed E-state index contributed by atoms with van der Waals surface area (Å²) in [6, 6.07) is 8.34. The van der Waals surface area contributed by atoms with Crippen molar-refractivity contribution in [3.05, 3.63) is 34.9 Å². The lowest BCUT2D eigenvalue weighted by Crippen LogP contribution is -2.44. The third kappa shape index (κ3) is 3.58. The van der Waals surface area contributed by atoms with Crippen LogP contribution in [-0.2, 0) is 0 Å². The second-order valence-electron chi connectivity index (χ2n) is 5.50. The van der Waals surface area contributed by atoms with Crippen molar-refractivity contribution in [2.45, 2.75) is 32.7 Å². The van der Waals surface area contributed by atoms with E-state index in [1.165, 1.54) is 0 Å². The van der Waals surface area contributed by atoms with E-state index in [4.69, 9.17) is 5.26 Å². The number of nitrogens with one attached hydrogen (secondary N) is 1. The van der Waals surface area contributed by atoms with Gasteiger partial charge in [-0.1, -0.05) is 17.7 Å². The van der Waals surface area contributed by atoms with E-state index >= 15 is 0 Å². The Hall–Kier alpha value is -1.86. The summed E-state index contributed by atoms with van der Waals surface area (Å²) in [6.07, 6.45) is 1.83. The normalized spacial score (nSPS) is 16.6. The average molecular weight is 271 g/mol. The topological polar surface area (TPSA) is 56.1 Å². The summed E-state index contributed by atoms with van der Waals surface area (Å²) < 4.78 is 0. The van der Waals surface area contributed by atoms with Gasteiger partial charge in [-0.15, -0.1) is 0 Å². The van der Waals surface area contributed by atoms with Crippen LogP contribution in [0.5, 0.6) is 0 Å². The first-order valence-electron chi connectivity index (χ1n) is 7.07. The van der Waals surface area contributed by atoms with Gasteiger partial charge >= 0.3 is 0 Å². The first-order chi connectivity index (χ1) is 9.60. The van der Waals surface area contributed by atoms with Crippen LogP contribution in [0, 0.1) is 25.2 Å². The largest absolute Gasteiger partial charge is 0.349 e. The number of likely N-dealkylation sites (tertiary alicyclic amines) is 1. The highest BCUT2D eigenvalue weighted by Gasteiger charge is 2.21. The van der Waals surface area contributed by atoms with E-state index in [0.717, 1.165) is 42.6 Å². The minimum atomic E-state index is 0.0185. The van der Waals surface area contributed by atoms with E-state index in [-0.39, 0.29) is 11.9 Å². The minimum absolute atomic E-state index is 0.0185. The summed E-state index contributed by atoms with van der Waals surface area (Å²) >= 11 is 0. The number of hydrogen-bond acceptors (Lipinski definition) is 3. The fraction of sp³-hybridized carbons (Fsp3) is 0.500. The average Bonchev–Trinajstić information content (AvgIpc) is 2.44. The van der Waals surface area contributed by atoms with E-state index in [9.17, 15) is 4.79 Å². The Labute approximate surface area is 120 Å². The quantitative estimate of drug-likeness (QED) is 0.856. The lowest BCUT2D eigenvalue weighted by molar-refractivity contribution is 0.0913. The van der Waals surface area contributed by atoms with Gasteiger partial charge in [-0.3, -0.25) is 9.69 Å². The van der Waals surface area contributed by atoms with Crippen LogP contribution in [0.3, 0.4) is 0 Å².